The molecule has 0 rings (SSSR count). The number of hydrogen-bond donors (Lipinski definition) is 0. The summed E-state index contributed by atoms with van der Waals surface area (Å²) in [6, 6.07) is 0. The van der Waals surface area contributed by atoms with Gasteiger partial charge in [-0.3, -0.25) is 4.79 Å². The van der Waals surface area contributed by atoms with E-state index in [0.29, 0.717) is 6.61 Å². The van der Waals surface area contributed by atoms with E-state index >= 15 is 0 Å². The summed E-state index contributed by atoms with van der Waals surface area (Å²) in [6.45, 7) is 8.61. The Labute approximate surface area is 64.2 Å². The molecule has 0 heterocycles. The van der Waals surface area contributed by atoms with Gasteiger partial charge >= 0.3 is 5.97 Å². The molecule has 0 bridgehead atoms. The van der Waals surface area contributed by atoms with Crippen LogP contribution in [0.1, 0.15) is 13.8 Å². The molecule has 0 aromatic rings. The molecule has 0 aliphatic carbocycles. The molecule has 0 saturated heterocycles. The van der Waals surface area contributed by atoms with Crippen molar-refractivity contribution in [3.8, 4) is 0 Å². The molecule has 10 heavy (non-hydrogen) atoms. The topological polar surface area (TPSA) is 26.3 Å². The van der Waals surface area contributed by atoms with E-state index in [2.05, 4.69) is 13.1 Å². The number of ether oxygens (including phenoxy) is 1. The summed E-state index contributed by atoms with van der Waals surface area (Å²) in [5.41, 5.74) is 0.167. The SMILES string of the molecule is CCOC(=O)C(C)[SiH](C)C. The highest BCUT2D eigenvalue weighted by molar-refractivity contribution is 6.61. The Balaban J connectivity index is 3.71. The predicted molar refractivity (Wildman–Crippen MR) is 44.9 cm³/mol. The van der Waals surface area contributed by atoms with E-state index in [4.69, 9.17) is 4.74 Å². The van der Waals surface area contributed by atoms with Crippen LogP contribution in [0.25, 0.3) is 0 Å². The lowest BCUT2D eigenvalue weighted by molar-refractivity contribution is -0.142. The predicted octanol–water partition coefficient (Wildman–Crippen LogP) is 1.43. The van der Waals surface area contributed by atoms with Crippen molar-refractivity contribution in [1.29, 1.82) is 0 Å². The molecule has 2 nitrogen and oxygen atoms in total. The maximum Gasteiger partial charge on any atom is 0.305 e. The standard InChI is InChI=1S/C7H16O2Si/c1-5-9-7(8)6(2)10(3)4/h6,10H,5H2,1-4H3. The molecule has 0 aromatic carbocycles. The van der Waals surface area contributed by atoms with E-state index in [0.717, 1.165) is 0 Å². The molecular weight excluding hydrogens is 144 g/mol. The van der Waals surface area contributed by atoms with Gasteiger partial charge in [0.1, 0.15) is 0 Å². The van der Waals surface area contributed by atoms with E-state index in [1.165, 1.54) is 0 Å². The van der Waals surface area contributed by atoms with Gasteiger partial charge in [0.25, 0.3) is 0 Å². The quantitative estimate of drug-likeness (QED) is 0.461. The van der Waals surface area contributed by atoms with Gasteiger partial charge in [-0.25, -0.2) is 0 Å². The van der Waals surface area contributed by atoms with Crippen LogP contribution in [-0.2, 0) is 9.53 Å². The van der Waals surface area contributed by atoms with Crippen molar-refractivity contribution in [2.24, 2.45) is 0 Å². The fourth-order valence-corrected chi connectivity index (χ4v) is 1.19. The van der Waals surface area contributed by atoms with Crippen LogP contribution in [0.4, 0.5) is 0 Å². The van der Waals surface area contributed by atoms with Crippen LogP contribution in [-0.4, -0.2) is 21.4 Å². The molecule has 0 amide bonds. The van der Waals surface area contributed by atoms with Gasteiger partial charge in [0.15, 0.2) is 0 Å². The molecule has 0 saturated carbocycles. The first-order valence-electron chi connectivity index (χ1n) is 3.76. The van der Waals surface area contributed by atoms with E-state index in [1.807, 2.05) is 13.8 Å². The second-order valence-electron chi connectivity index (χ2n) is 2.78. The second-order valence-corrected chi connectivity index (χ2v) is 6.27. The zero-order chi connectivity index (χ0) is 8.15. The first kappa shape index (κ1) is 9.69. The molecule has 1 atom stereocenters. The Kier molecular flexibility index (Phi) is 4.35. The minimum Gasteiger partial charge on any atom is -0.466 e. The molecule has 0 aromatic heterocycles. The summed E-state index contributed by atoms with van der Waals surface area (Å²) in [4.78, 5) is 11.0. The summed E-state index contributed by atoms with van der Waals surface area (Å²) < 4.78 is 4.86. The highest BCUT2D eigenvalue weighted by atomic mass is 28.3. The van der Waals surface area contributed by atoms with Gasteiger partial charge in [0, 0.05) is 14.3 Å². The minimum atomic E-state index is -0.829. The fourth-order valence-electron chi connectivity index (χ4n) is 0.546. The zero-order valence-corrected chi connectivity index (χ0v) is 8.33. The van der Waals surface area contributed by atoms with Crippen LogP contribution in [0.5, 0.6) is 0 Å². The third-order valence-electron chi connectivity index (χ3n) is 1.66. The van der Waals surface area contributed by atoms with Crippen LogP contribution < -0.4 is 0 Å². The lowest BCUT2D eigenvalue weighted by atomic mass is 10.5. The molecule has 0 aliphatic rings. The van der Waals surface area contributed by atoms with Crippen molar-refractivity contribution < 1.29 is 9.53 Å². The summed E-state index contributed by atoms with van der Waals surface area (Å²) in [6.07, 6.45) is 0. The number of esters is 1. The van der Waals surface area contributed by atoms with Crippen LogP contribution in [0.15, 0.2) is 0 Å². The van der Waals surface area contributed by atoms with Gasteiger partial charge in [0.05, 0.1) is 6.61 Å². The molecule has 0 fully saturated rings. The molecule has 0 spiro atoms. The average molecular weight is 160 g/mol. The first-order chi connectivity index (χ1) is 4.59. The van der Waals surface area contributed by atoms with Gasteiger partial charge in [0.2, 0.25) is 0 Å². The van der Waals surface area contributed by atoms with Crippen molar-refractivity contribution in [2.45, 2.75) is 32.5 Å². The van der Waals surface area contributed by atoms with Gasteiger partial charge in [-0.05, 0) is 6.92 Å². The molecule has 3 heteroatoms. The summed E-state index contributed by atoms with van der Waals surface area (Å²) in [5.74, 6) is -0.0239. The van der Waals surface area contributed by atoms with Crippen LogP contribution in [0.2, 0.25) is 18.6 Å². The Morgan fingerprint density at radius 3 is 2.40 bits per heavy atom. The summed E-state index contributed by atoms with van der Waals surface area (Å²) in [5, 5.41) is 0. The fraction of sp³-hybridized carbons (Fsp3) is 0.857. The monoisotopic (exact) mass is 160 g/mol. The van der Waals surface area contributed by atoms with Crippen LogP contribution >= 0.6 is 0 Å². The number of carbonyl (C=O) groups is 1. The number of rotatable bonds is 3. The van der Waals surface area contributed by atoms with Crippen molar-refractivity contribution in [3.05, 3.63) is 0 Å². The minimum absolute atomic E-state index is 0.0239. The summed E-state index contributed by atoms with van der Waals surface area (Å²) >= 11 is 0. The maximum atomic E-state index is 11.0. The molecule has 0 N–H and O–H groups in total. The molecular formula is C7H16O2Si. The lowest BCUT2D eigenvalue weighted by Gasteiger charge is -2.11. The van der Waals surface area contributed by atoms with E-state index in [9.17, 15) is 4.79 Å². The second kappa shape index (κ2) is 4.49. The van der Waals surface area contributed by atoms with Crippen molar-refractivity contribution in [1.82, 2.24) is 0 Å². The summed E-state index contributed by atoms with van der Waals surface area (Å²) in [7, 11) is -0.829. The lowest BCUT2D eigenvalue weighted by Crippen LogP contribution is -2.20. The largest absolute Gasteiger partial charge is 0.466 e. The van der Waals surface area contributed by atoms with Crippen molar-refractivity contribution in [3.63, 3.8) is 0 Å². The number of hydrogen-bond acceptors (Lipinski definition) is 2. The molecule has 0 radical (unpaired) electrons. The highest BCUT2D eigenvalue weighted by Crippen LogP contribution is 2.10. The zero-order valence-electron chi connectivity index (χ0n) is 7.18. The van der Waals surface area contributed by atoms with Crippen molar-refractivity contribution in [2.75, 3.05) is 6.61 Å². The smallest absolute Gasteiger partial charge is 0.305 e. The number of carbonyl (C=O) groups excluding carboxylic acids is 1. The highest BCUT2D eigenvalue weighted by Gasteiger charge is 2.17. The molecule has 0 aliphatic heterocycles. The molecule has 60 valence electrons. The van der Waals surface area contributed by atoms with Gasteiger partial charge in [-0.15, -0.1) is 0 Å². The van der Waals surface area contributed by atoms with Crippen LogP contribution in [0.3, 0.4) is 0 Å². The Bertz CT molecular complexity index is 112. The maximum absolute atomic E-state index is 11.0. The van der Waals surface area contributed by atoms with E-state index < -0.39 is 8.80 Å². The van der Waals surface area contributed by atoms with Crippen molar-refractivity contribution >= 4 is 14.8 Å². The van der Waals surface area contributed by atoms with Gasteiger partial charge < -0.3 is 4.74 Å². The Hall–Kier alpha value is -0.313. The van der Waals surface area contributed by atoms with Crippen LogP contribution in [0, 0.1) is 0 Å². The Morgan fingerprint density at radius 1 is 1.60 bits per heavy atom. The third kappa shape index (κ3) is 3.01. The third-order valence-corrected chi connectivity index (χ3v) is 3.93. The Morgan fingerprint density at radius 2 is 2.10 bits per heavy atom. The normalized spacial score (nSPS) is 13.3. The van der Waals surface area contributed by atoms with E-state index in [-0.39, 0.29) is 11.5 Å². The first-order valence-corrected chi connectivity index (χ1v) is 6.73. The molecule has 1 unspecified atom stereocenters. The van der Waals surface area contributed by atoms with E-state index in [1.54, 1.807) is 0 Å². The van der Waals surface area contributed by atoms with Gasteiger partial charge in [-0.2, -0.15) is 0 Å². The van der Waals surface area contributed by atoms with Gasteiger partial charge in [-0.1, -0.05) is 20.0 Å². The average Bonchev–Trinajstić information content (AvgIpc) is 1.87.